The maximum atomic E-state index is 12.7. The molecule has 4 nitrogen and oxygen atoms in total. The van der Waals surface area contributed by atoms with Crippen LogP contribution in [0.3, 0.4) is 0 Å². The van der Waals surface area contributed by atoms with Crippen molar-refractivity contribution in [3.05, 3.63) is 46.2 Å². The summed E-state index contributed by atoms with van der Waals surface area (Å²) in [4.78, 5) is 25.1. The zero-order valence-electron chi connectivity index (χ0n) is 14.4. The van der Waals surface area contributed by atoms with Crippen LogP contribution >= 0.6 is 0 Å². The topological polar surface area (TPSA) is 51.1 Å². The quantitative estimate of drug-likeness (QED) is 0.906. The van der Waals surface area contributed by atoms with Gasteiger partial charge in [0.2, 0.25) is 0 Å². The Morgan fingerprint density at radius 2 is 1.80 bits per heavy atom. The number of carbonyl (C=O) groups excluding carboxylic acids is 1. The van der Waals surface area contributed by atoms with Gasteiger partial charge in [0.15, 0.2) is 0 Å². The first-order valence-corrected chi connectivity index (χ1v) is 8.00. The van der Waals surface area contributed by atoms with Crippen LogP contribution in [-0.2, 0) is 6.54 Å². The van der Waals surface area contributed by atoms with E-state index in [0.717, 1.165) is 0 Å². The van der Waals surface area contributed by atoms with Crippen LogP contribution in [0.4, 0.5) is 13.2 Å². The standard InChI is InChI=1S/C18H21F3N2O2/c1-17(2,3)22-15(24)13-11-12-7-4-5-8-14(12)23(16(13)25)10-6-9-18(19,20)21/h4-5,7-8,11H,6,9-10H2,1-3H3,(H,22,24). The number of hydrogen-bond acceptors (Lipinski definition) is 2. The summed E-state index contributed by atoms with van der Waals surface area (Å²) < 4.78 is 38.5. The molecule has 136 valence electrons. The van der Waals surface area contributed by atoms with E-state index in [1.165, 1.54) is 10.6 Å². The number of amides is 1. The summed E-state index contributed by atoms with van der Waals surface area (Å²) in [6, 6.07) is 8.33. The summed E-state index contributed by atoms with van der Waals surface area (Å²) in [7, 11) is 0. The summed E-state index contributed by atoms with van der Waals surface area (Å²) >= 11 is 0. The predicted molar refractivity (Wildman–Crippen MR) is 90.7 cm³/mol. The molecule has 2 aromatic rings. The van der Waals surface area contributed by atoms with Crippen molar-refractivity contribution in [2.45, 2.75) is 51.9 Å². The molecule has 1 aromatic heterocycles. The van der Waals surface area contributed by atoms with E-state index in [1.807, 2.05) is 0 Å². The lowest BCUT2D eigenvalue weighted by Crippen LogP contribution is -2.43. The normalized spacial score (nSPS) is 12.4. The second-order valence-electron chi connectivity index (χ2n) is 7.00. The number of para-hydroxylation sites is 1. The minimum absolute atomic E-state index is 0.0689. The van der Waals surface area contributed by atoms with E-state index in [9.17, 15) is 22.8 Å². The van der Waals surface area contributed by atoms with Gasteiger partial charge in [-0.05, 0) is 44.7 Å². The molecular formula is C18H21F3N2O2. The van der Waals surface area contributed by atoms with Gasteiger partial charge < -0.3 is 9.88 Å². The number of hydrogen-bond donors (Lipinski definition) is 1. The zero-order valence-corrected chi connectivity index (χ0v) is 14.4. The lowest BCUT2D eigenvalue weighted by Gasteiger charge is -2.21. The molecule has 1 N–H and O–H groups in total. The molecule has 2 rings (SSSR count). The van der Waals surface area contributed by atoms with Gasteiger partial charge in [-0.15, -0.1) is 0 Å². The van der Waals surface area contributed by atoms with E-state index < -0.39 is 29.6 Å². The molecule has 0 unspecified atom stereocenters. The molecule has 0 aliphatic rings. The minimum atomic E-state index is -4.28. The molecule has 0 saturated heterocycles. The number of alkyl halides is 3. The Morgan fingerprint density at radius 3 is 2.40 bits per heavy atom. The first kappa shape index (κ1) is 19.0. The number of benzene rings is 1. The largest absolute Gasteiger partial charge is 0.389 e. The van der Waals surface area contributed by atoms with Crippen LogP contribution in [-0.4, -0.2) is 22.2 Å². The summed E-state index contributed by atoms with van der Waals surface area (Å²) in [5.74, 6) is -0.534. The van der Waals surface area contributed by atoms with Gasteiger partial charge >= 0.3 is 6.18 Å². The van der Waals surface area contributed by atoms with Crippen molar-refractivity contribution in [2.75, 3.05) is 0 Å². The summed E-state index contributed by atoms with van der Waals surface area (Å²) in [6.45, 7) is 5.25. The van der Waals surface area contributed by atoms with Crippen molar-refractivity contribution in [3.8, 4) is 0 Å². The molecule has 1 amide bonds. The summed E-state index contributed by atoms with van der Waals surface area (Å²) in [5.41, 5.74) is -0.666. The number of nitrogens with one attached hydrogen (secondary N) is 1. The maximum absolute atomic E-state index is 12.7. The van der Waals surface area contributed by atoms with E-state index in [1.54, 1.807) is 45.0 Å². The molecule has 25 heavy (non-hydrogen) atoms. The molecular weight excluding hydrogens is 333 g/mol. The molecule has 0 radical (unpaired) electrons. The third-order valence-electron chi connectivity index (χ3n) is 3.58. The van der Waals surface area contributed by atoms with E-state index in [2.05, 4.69) is 5.32 Å². The fourth-order valence-corrected chi connectivity index (χ4v) is 2.56. The Labute approximate surface area is 143 Å². The van der Waals surface area contributed by atoms with Crippen LogP contribution in [0.25, 0.3) is 10.9 Å². The number of carbonyl (C=O) groups is 1. The van der Waals surface area contributed by atoms with Crippen LogP contribution in [0.15, 0.2) is 35.1 Å². The van der Waals surface area contributed by atoms with Gasteiger partial charge in [-0.2, -0.15) is 13.2 Å². The van der Waals surface area contributed by atoms with E-state index in [4.69, 9.17) is 0 Å². The Balaban J connectivity index is 2.46. The number of rotatable bonds is 4. The Morgan fingerprint density at radius 1 is 1.16 bits per heavy atom. The summed E-state index contributed by atoms with van der Waals surface area (Å²) in [6.07, 6.45) is -5.48. The first-order valence-electron chi connectivity index (χ1n) is 8.00. The van der Waals surface area contributed by atoms with E-state index in [0.29, 0.717) is 10.9 Å². The maximum Gasteiger partial charge on any atom is 0.389 e. The number of pyridine rings is 1. The molecule has 0 bridgehead atoms. The van der Waals surface area contributed by atoms with Crippen molar-refractivity contribution < 1.29 is 18.0 Å². The predicted octanol–water partition coefficient (Wildman–Crippen LogP) is 3.87. The van der Waals surface area contributed by atoms with Gasteiger partial charge in [-0.1, -0.05) is 18.2 Å². The number of halogens is 3. The van der Waals surface area contributed by atoms with Gasteiger partial charge in [0.05, 0.1) is 5.52 Å². The van der Waals surface area contributed by atoms with Gasteiger partial charge in [-0.3, -0.25) is 9.59 Å². The SMILES string of the molecule is CC(C)(C)NC(=O)c1cc2ccccc2n(CCCC(F)(F)F)c1=O. The van der Waals surface area contributed by atoms with Crippen molar-refractivity contribution in [1.29, 1.82) is 0 Å². The highest BCUT2D eigenvalue weighted by Crippen LogP contribution is 2.22. The number of aryl methyl sites for hydroxylation is 1. The zero-order chi connectivity index (χ0) is 18.8. The number of nitrogens with zero attached hydrogens (tertiary/aromatic N) is 1. The molecule has 1 heterocycles. The highest BCUT2D eigenvalue weighted by atomic mass is 19.4. The second kappa shape index (κ2) is 6.90. The van der Waals surface area contributed by atoms with Crippen LogP contribution < -0.4 is 10.9 Å². The minimum Gasteiger partial charge on any atom is -0.347 e. The average Bonchev–Trinajstić information content (AvgIpc) is 2.46. The van der Waals surface area contributed by atoms with Crippen molar-refractivity contribution in [2.24, 2.45) is 0 Å². The Bertz CT molecular complexity index is 833. The molecule has 0 aliphatic heterocycles. The average molecular weight is 354 g/mol. The lowest BCUT2D eigenvalue weighted by molar-refractivity contribution is -0.135. The van der Waals surface area contributed by atoms with Gasteiger partial charge in [-0.25, -0.2) is 0 Å². The fraction of sp³-hybridized carbons (Fsp3) is 0.444. The highest BCUT2D eigenvalue weighted by molar-refractivity contribution is 5.97. The van der Waals surface area contributed by atoms with Crippen molar-refractivity contribution in [3.63, 3.8) is 0 Å². The van der Waals surface area contributed by atoms with Gasteiger partial charge in [0.25, 0.3) is 11.5 Å². The second-order valence-corrected chi connectivity index (χ2v) is 7.00. The molecule has 0 saturated carbocycles. The molecule has 0 spiro atoms. The lowest BCUT2D eigenvalue weighted by atomic mass is 10.1. The smallest absolute Gasteiger partial charge is 0.347 e. The van der Waals surface area contributed by atoms with Gasteiger partial charge in [0, 0.05) is 18.5 Å². The monoisotopic (exact) mass is 354 g/mol. The van der Waals surface area contributed by atoms with Crippen LogP contribution in [0.1, 0.15) is 44.0 Å². The third-order valence-corrected chi connectivity index (χ3v) is 3.58. The van der Waals surface area contributed by atoms with Crippen LogP contribution in [0.2, 0.25) is 0 Å². The number of aromatic nitrogens is 1. The molecule has 0 aliphatic carbocycles. The fourth-order valence-electron chi connectivity index (χ4n) is 2.56. The van der Waals surface area contributed by atoms with Crippen molar-refractivity contribution >= 4 is 16.8 Å². The highest BCUT2D eigenvalue weighted by Gasteiger charge is 2.26. The van der Waals surface area contributed by atoms with Crippen LogP contribution in [0.5, 0.6) is 0 Å². The Kier molecular flexibility index (Phi) is 5.25. The van der Waals surface area contributed by atoms with E-state index >= 15 is 0 Å². The molecule has 1 aromatic carbocycles. The molecule has 7 heteroatoms. The molecule has 0 fully saturated rings. The van der Waals surface area contributed by atoms with Crippen LogP contribution in [0, 0.1) is 0 Å². The van der Waals surface area contributed by atoms with Gasteiger partial charge in [0.1, 0.15) is 5.56 Å². The number of fused-ring (bicyclic) bond motifs is 1. The Hall–Kier alpha value is -2.31. The molecule has 0 atom stereocenters. The first-order chi connectivity index (χ1) is 11.5. The summed E-state index contributed by atoms with van der Waals surface area (Å²) in [5, 5.41) is 3.35. The van der Waals surface area contributed by atoms with Crippen molar-refractivity contribution in [1.82, 2.24) is 9.88 Å². The third kappa shape index (κ3) is 5.08. The van der Waals surface area contributed by atoms with E-state index in [-0.39, 0.29) is 18.5 Å².